The zero-order valence-corrected chi connectivity index (χ0v) is 13.2. The van der Waals surface area contributed by atoms with Crippen molar-refractivity contribution in [3.8, 4) is 0 Å². The van der Waals surface area contributed by atoms with Crippen molar-refractivity contribution in [2.45, 2.75) is 25.8 Å². The summed E-state index contributed by atoms with van der Waals surface area (Å²) in [6.45, 7) is -0.0491. The van der Waals surface area contributed by atoms with Crippen molar-refractivity contribution in [3.05, 3.63) is 57.0 Å². The Morgan fingerprint density at radius 2 is 2.00 bits per heavy atom. The number of benzene rings is 1. The normalized spacial score (nSPS) is 12.7. The first-order valence-electron chi connectivity index (χ1n) is 7.41. The van der Waals surface area contributed by atoms with Crippen molar-refractivity contribution in [2.75, 3.05) is 6.61 Å². The number of halogens is 1. The van der Waals surface area contributed by atoms with Gasteiger partial charge in [-0.1, -0.05) is 12.1 Å². The Labute approximate surface area is 137 Å². The van der Waals surface area contributed by atoms with Crippen LogP contribution in [0.25, 0.3) is 0 Å². The predicted octanol–water partition coefficient (Wildman–Crippen LogP) is 2.85. The van der Waals surface area contributed by atoms with Crippen LogP contribution in [0.2, 0.25) is 0 Å². The molecule has 0 saturated carbocycles. The van der Waals surface area contributed by atoms with E-state index in [1.54, 1.807) is 12.1 Å². The first kappa shape index (κ1) is 15.7. The summed E-state index contributed by atoms with van der Waals surface area (Å²) >= 11 is 1.45. The Balaban J connectivity index is 1.44. The van der Waals surface area contributed by atoms with E-state index in [1.165, 1.54) is 33.9 Å². The van der Waals surface area contributed by atoms with E-state index < -0.39 is 5.97 Å². The number of nitrogens with one attached hydrogen (secondary N) is 1. The fraction of sp³-hybridized carbons (Fsp3) is 0.294. The summed E-state index contributed by atoms with van der Waals surface area (Å²) in [4.78, 5) is 25.4. The molecule has 1 aliphatic rings. The topological polar surface area (TPSA) is 55.4 Å². The van der Waals surface area contributed by atoms with Crippen LogP contribution < -0.4 is 5.32 Å². The van der Waals surface area contributed by atoms with Gasteiger partial charge in [-0.2, -0.15) is 0 Å². The predicted molar refractivity (Wildman–Crippen MR) is 84.9 cm³/mol. The third-order valence-electron chi connectivity index (χ3n) is 3.69. The molecule has 3 rings (SSSR count). The molecule has 0 saturated heterocycles. The highest BCUT2D eigenvalue weighted by Gasteiger charge is 2.19. The summed E-state index contributed by atoms with van der Waals surface area (Å²) in [5.74, 6) is -1.16. The second-order valence-electron chi connectivity index (χ2n) is 5.39. The lowest BCUT2D eigenvalue weighted by Crippen LogP contribution is -2.28. The number of thiophene rings is 1. The lowest BCUT2D eigenvalue weighted by atomic mass is 10.2. The van der Waals surface area contributed by atoms with Crippen LogP contribution in [0.5, 0.6) is 0 Å². The highest BCUT2D eigenvalue weighted by atomic mass is 32.1. The molecule has 0 atom stereocenters. The number of hydrogen-bond acceptors (Lipinski definition) is 4. The molecule has 1 aromatic heterocycles. The first-order chi connectivity index (χ1) is 11.1. The number of carbonyl (C=O) groups is 2. The molecule has 0 fully saturated rings. The minimum absolute atomic E-state index is 0.268. The van der Waals surface area contributed by atoms with Crippen molar-refractivity contribution in [2.24, 2.45) is 0 Å². The van der Waals surface area contributed by atoms with Crippen LogP contribution in [-0.2, 0) is 28.9 Å². The van der Waals surface area contributed by atoms with Crippen LogP contribution in [0.4, 0.5) is 4.39 Å². The molecular weight excluding hydrogens is 317 g/mol. The molecule has 0 radical (unpaired) electrons. The monoisotopic (exact) mass is 333 g/mol. The number of hydrogen-bond donors (Lipinski definition) is 1. The summed E-state index contributed by atoms with van der Waals surface area (Å²) < 4.78 is 17.8. The van der Waals surface area contributed by atoms with Gasteiger partial charge in [0.05, 0.1) is 0 Å². The van der Waals surface area contributed by atoms with Gasteiger partial charge in [-0.25, -0.2) is 9.18 Å². The zero-order valence-electron chi connectivity index (χ0n) is 12.4. The Morgan fingerprint density at radius 1 is 1.22 bits per heavy atom. The first-order valence-corrected chi connectivity index (χ1v) is 8.23. The van der Waals surface area contributed by atoms with Crippen LogP contribution in [0.1, 0.15) is 32.1 Å². The van der Waals surface area contributed by atoms with Gasteiger partial charge in [0, 0.05) is 11.4 Å². The smallest absolute Gasteiger partial charge is 0.348 e. The summed E-state index contributed by atoms with van der Waals surface area (Å²) in [5.41, 5.74) is 2.00. The third-order valence-corrected chi connectivity index (χ3v) is 4.90. The minimum atomic E-state index is -0.457. The summed E-state index contributed by atoms with van der Waals surface area (Å²) in [6.07, 6.45) is 3.17. The lowest BCUT2D eigenvalue weighted by Gasteiger charge is -2.06. The van der Waals surface area contributed by atoms with Gasteiger partial charge < -0.3 is 10.1 Å². The van der Waals surface area contributed by atoms with E-state index in [-0.39, 0.29) is 24.9 Å². The molecule has 0 aliphatic heterocycles. The average molecular weight is 333 g/mol. The van der Waals surface area contributed by atoms with E-state index in [9.17, 15) is 14.0 Å². The third kappa shape index (κ3) is 3.96. The lowest BCUT2D eigenvalue weighted by molar-refractivity contribution is -0.124. The summed E-state index contributed by atoms with van der Waals surface area (Å²) in [5, 5.41) is 2.63. The van der Waals surface area contributed by atoms with Crippen molar-refractivity contribution in [1.82, 2.24) is 5.32 Å². The quantitative estimate of drug-likeness (QED) is 0.856. The Bertz CT molecular complexity index is 702. The van der Waals surface area contributed by atoms with Crippen LogP contribution in [0, 0.1) is 5.82 Å². The average Bonchev–Trinajstić information content (AvgIpc) is 3.13. The van der Waals surface area contributed by atoms with Crippen molar-refractivity contribution in [3.63, 3.8) is 0 Å². The summed E-state index contributed by atoms with van der Waals surface area (Å²) in [6, 6.07) is 7.71. The molecule has 6 heteroatoms. The molecule has 4 nitrogen and oxygen atoms in total. The second kappa shape index (κ2) is 6.91. The molecule has 2 aromatic rings. The Kier molecular flexibility index (Phi) is 4.71. The molecule has 0 bridgehead atoms. The fourth-order valence-corrected chi connectivity index (χ4v) is 3.63. The zero-order chi connectivity index (χ0) is 16.2. The van der Waals surface area contributed by atoms with E-state index in [0.29, 0.717) is 4.88 Å². The number of ether oxygens (including phenoxy) is 1. The molecule has 1 aliphatic carbocycles. The highest BCUT2D eigenvalue weighted by molar-refractivity contribution is 7.14. The van der Waals surface area contributed by atoms with Gasteiger partial charge in [0.1, 0.15) is 10.7 Å². The number of esters is 1. The molecule has 1 amide bonds. The summed E-state index contributed by atoms with van der Waals surface area (Å²) in [7, 11) is 0. The van der Waals surface area contributed by atoms with Crippen molar-refractivity contribution in [1.29, 1.82) is 0 Å². The molecule has 0 unspecified atom stereocenters. The fourth-order valence-electron chi connectivity index (χ4n) is 2.49. The second-order valence-corrected chi connectivity index (χ2v) is 6.53. The minimum Gasteiger partial charge on any atom is -0.451 e. The standard InChI is InChI=1S/C17H16FNO3S/c18-13-6-4-11(5-7-13)9-19-16(20)10-22-17(21)15-8-12-2-1-3-14(12)23-15/h4-8H,1-3,9-10H2,(H,19,20). The maximum Gasteiger partial charge on any atom is 0.348 e. The van der Waals surface area contributed by atoms with E-state index in [4.69, 9.17) is 4.74 Å². The Hall–Kier alpha value is -2.21. The van der Waals surface area contributed by atoms with Crippen LogP contribution >= 0.6 is 11.3 Å². The maximum atomic E-state index is 12.8. The number of amides is 1. The molecular formula is C17H16FNO3S. The SMILES string of the molecule is O=C(COC(=O)c1cc2c(s1)CCC2)NCc1ccc(F)cc1. The van der Waals surface area contributed by atoms with Crippen molar-refractivity contribution >= 4 is 23.2 Å². The van der Waals surface area contributed by atoms with E-state index in [2.05, 4.69) is 5.32 Å². The maximum absolute atomic E-state index is 12.8. The van der Waals surface area contributed by atoms with E-state index >= 15 is 0 Å². The number of fused-ring (bicyclic) bond motifs is 1. The number of aryl methyl sites for hydroxylation is 2. The van der Waals surface area contributed by atoms with Crippen LogP contribution in [0.3, 0.4) is 0 Å². The molecule has 0 spiro atoms. The van der Waals surface area contributed by atoms with Crippen LogP contribution in [0.15, 0.2) is 30.3 Å². The van der Waals surface area contributed by atoms with Gasteiger partial charge in [0.15, 0.2) is 6.61 Å². The van der Waals surface area contributed by atoms with Crippen molar-refractivity contribution < 1.29 is 18.7 Å². The molecule has 1 heterocycles. The molecule has 1 N–H and O–H groups in total. The van der Waals surface area contributed by atoms with Gasteiger partial charge in [-0.15, -0.1) is 11.3 Å². The highest BCUT2D eigenvalue weighted by Crippen LogP contribution is 2.30. The molecule has 23 heavy (non-hydrogen) atoms. The van der Waals surface area contributed by atoms with Gasteiger partial charge in [0.2, 0.25) is 0 Å². The van der Waals surface area contributed by atoms with E-state index in [0.717, 1.165) is 24.8 Å². The van der Waals surface area contributed by atoms with E-state index in [1.807, 2.05) is 6.07 Å². The largest absolute Gasteiger partial charge is 0.451 e. The number of carbonyl (C=O) groups excluding carboxylic acids is 2. The van der Waals surface area contributed by atoms with Gasteiger partial charge >= 0.3 is 5.97 Å². The molecule has 1 aromatic carbocycles. The van der Waals surface area contributed by atoms with Gasteiger partial charge in [-0.3, -0.25) is 4.79 Å². The van der Waals surface area contributed by atoms with Gasteiger partial charge in [0.25, 0.3) is 5.91 Å². The number of rotatable bonds is 5. The van der Waals surface area contributed by atoms with Crippen LogP contribution in [-0.4, -0.2) is 18.5 Å². The Morgan fingerprint density at radius 3 is 2.74 bits per heavy atom. The van der Waals surface area contributed by atoms with Gasteiger partial charge in [-0.05, 0) is 48.6 Å². The molecule has 120 valence electrons.